The van der Waals surface area contributed by atoms with E-state index < -0.39 is 0 Å². The summed E-state index contributed by atoms with van der Waals surface area (Å²) in [6.07, 6.45) is 15.7. The Morgan fingerprint density at radius 1 is 1.00 bits per heavy atom. The Labute approximate surface area is 262 Å². The molecule has 43 heavy (non-hydrogen) atoms. The zero-order valence-electron chi connectivity index (χ0n) is 28.6. The number of aryl methyl sites for hydroxylation is 1. The number of nitrogens with two attached hydrogens (primary N) is 2. The maximum absolute atomic E-state index is 13.1. The van der Waals surface area contributed by atoms with Gasteiger partial charge in [-0.25, -0.2) is 0 Å². The molecule has 4 aliphatic rings. The second-order valence-corrected chi connectivity index (χ2v) is 16.5. The van der Waals surface area contributed by atoms with Crippen LogP contribution in [0.15, 0.2) is 41.0 Å². The van der Waals surface area contributed by atoms with Crippen molar-refractivity contribution in [2.75, 3.05) is 11.5 Å². The lowest BCUT2D eigenvalue weighted by atomic mass is 9.43. The van der Waals surface area contributed by atoms with Crippen LogP contribution in [-0.2, 0) is 16.0 Å². The molecule has 238 valence electrons. The molecule has 1 aromatic rings. The predicted molar refractivity (Wildman–Crippen MR) is 180 cm³/mol. The second-order valence-electron chi connectivity index (χ2n) is 16.5. The molecule has 7 unspecified atom stereocenters. The molecule has 1 aromatic carbocycles. The van der Waals surface area contributed by atoms with Gasteiger partial charge in [-0.3, -0.25) is 4.79 Å². The average Bonchev–Trinajstić information content (AvgIpc) is 3.21. The van der Waals surface area contributed by atoms with Crippen molar-refractivity contribution in [3.8, 4) is 0 Å². The van der Waals surface area contributed by atoms with Crippen molar-refractivity contribution in [1.82, 2.24) is 0 Å². The van der Waals surface area contributed by atoms with Gasteiger partial charge in [-0.2, -0.15) is 0 Å². The van der Waals surface area contributed by atoms with Crippen LogP contribution in [0.25, 0.3) is 0 Å². The molecule has 2 saturated carbocycles. The topological polar surface area (TPSA) is 78.3 Å². The fraction of sp³-hybridized carbons (Fsp3) is 0.718. The minimum absolute atomic E-state index is 0.0362. The van der Waals surface area contributed by atoms with Crippen LogP contribution < -0.4 is 11.5 Å². The van der Waals surface area contributed by atoms with E-state index in [2.05, 4.69) is 61.5 Å². The standard InChI is InChI=1S/C39H60N2O2/c1-25(2)10-9-11-26(3)29-18-22-39(8)31-15-16-33-36(4,5)34(20-21-37(33,6)30(31)19-23-38(29,39)7)43-35(42)17-13-27-12-14-28(40)24-32(27)41/h10,12,14,24,26,29,33-34H,9,11,13,15-23,40-41H2,1-8H3. The van der Waals surface area contributed by atoms with Gasteiger partial charge in [-0.1, -0.05) is 70.4 Å². The molecule has 2 fully saturated rings. The smallest absolute Gasteiger partial charge is 0.306 e. The number of ether oxygens (including phenoxy) is 1. The van der Waals surface area contributed by atoms with Gasteiger partial charge in [0.25, 0.3) is 0 Å². The molecule has 0 bridgehead atoms. The molecule has 4 nitrogen and oxygen atoms in total. The van der Waals surface area contributed by atoms with E-state index in [9.17, 15) is 4.79 Å². The molecule has 0 spiro atoms. The Balaban J connectivity index is 1.30. The molecule has 0 amide bonds. The van der Waals surface area contributed by atoms with Crippen LogP contribution in [-0.4, -0.2) is 12.1 Å². The number of carbonyl (C=O) groups is 1. The summed E-state index contributed by atoms with van der Waals surface area (Å²) in [5, 5.41) is 0. The van der Waals surface area contributed by atoms with Crippen molar-refractivity contribution < 1.29 is 9.53 Å². The van der Waals surface area contributed by atoms with Crippen LogP contribution >= 0.6 is 0 Å². The highest BCUT2D eigenvalue weighted by atomic mass is 16.5. The van der Waals surface area contributed by atoms with Crippen LogP contribution in [0, 0.1) is 39.4 Å². The summed E-state index contributed by atoms with van der Waals surface area (Å²) in [6.45, 7) is 19.6. The van der Waals surface area contributed by atoms with Crippen molar-refractivity contribution >= 4 is 17.3 Å². The third-order valence-corrected chi connectivity index (χ3v) is 13.7. The zero-order chi connectivity index (χ0) is 31.4. The molecule has 0 aliphatic heterocycles. The minimum Gasteiger partial charge on any atom is -0.462 e. The normalized spacial score (nSPS) is 35.4. The van der Waals surface area contributed by atoms with E-state index >= 15 is 0 Å². The lowest BCUT2D eigenvalue weighted by Gasteiger charge is -2.62. The summed E-state index contributed by atoms with van der Waals surface area (Å²) in [5.41, 5.74) is 20.2. The van der Waals surface area contributed by atoms with Crippen LogP contribution in [0.1, 0.15) is 132 Å². The van der Waals surface area contributed by atoms with Crippen molar-refractivity contribution in [1.29, 1.82) is 0 Å². The summed E-state index contributed by atoms with van der Waals surface area (Å²) in [7, 11) is 0. The number of allylic oxidation sites excluding steroid dienone is 4. The third kappa shape index (κ3) is 5.48. The van der Waals surface area contributed by atoms with Gasteiger partial charge in [0.05, 0.1) is 0 Å². The highest BCUT2D eigenvalue weighted by Gasteiger charge is 2.63. The molecular weight excluding hydrogens is 528 g/mol. The Morgan fingerprint density at radius 3 is 2.44 bits per heavy atom. The Bertz CT molecular complexity index is 1290. The molecule has 4 heteroatoms. The lowest BCUT2D eigenvalue weighted by molar-refractivity contribution is -0.169. The molecular formula is C39H60N2O2. The maximum atomic E-state index is 13.1. The molecule has 4 N–H and O–H groups in total. The summed E-state index contributed by atoms with van der Waals surface area (Å²) >= 11 is 0. The van der Waals surface area contributed by atoms with Gasteiger partial charge in [-0.15, -0.1) is 0 Å². The Kier molecular flexibility index (Phi) is 8.68. The average molecular weight is 589 g/mol. The van der Waals surface area contributed by atoms with Crippen LogP contribution in [0.3, 0.4) is 0 Å². The monoisotopic (exact) mass is 588 g/mol. The highest BCUT2D eigenvalue weighted by Crippen LogP contribution is 2.72. The van der Waals surface area contributed by atoms with E-state index in [0.29, 0.717) is 41.0 Å². The van der Waals surface area contributed by atoms with Crippen LogP contribution in [0.4, 0.5) is 11.4 Å². The number of hydrogen-bond acceptors (Lipinski definition) is 4. The first-order chi connectivity index (χ1) is 20.1. The number of hydrogen-bond donors (Lipinski definition) is 2. The van der Waals surface area contributed by atoms with Crippen molar-refractivity contribution in [3.05, 3.63) is 46.6 Å². The molecule has 7 atom stereocenters. The van der Waals surface area contributed by atoms with Crippen molar-refractivity contribution in [2.45, 2.75) is 139 Å². The Hall–Kier alpha value is -2.23. The molecule has 0 aromatic heterocycles. The Morgan fingerprint density at radius 2 is 1.74 bits per heavy atom. The van der Waals surface area contributed by atoms with E-state index in [1.807, 2.05) is 17.7 Å². The number of esters is 1. The first kappa shape index (κ1) is 32.2. The molecule has 5 rings (SSSR count). The van der Waals surface area contributed by atoms with Gasteiger partial charge in [0.15, 0.2) is 0 Å². The number of carbonyl (C=O) groups excluding carboxylic acids is 1. The minimum atomic E-state index is -0.106. The SMILES string of the molecule is CC(C)=CCCC(C)C1CCC2(C)C3=C(CCC12C)C1(C)CCC(OC(=O)CCc2ccc(N)cc2N)C(C)(C)C1CC3. The van der Waals surface area contributed by atoms with Gasteiger partial charge < -0.3 is 16.2 Å². The van der Waals surface area contributed by atoms with Crippen LogP contribution in [0.2, 0.25) is 0 Å². The summed E-state index contributed by atoms with van der Waals surface area (Å²) in [5.74, 6) is 2.02. The zero-order valence-corrected chi connectivity index (χ0v) is 28.6. The summed E-state index contributed by atoms with van der Waals surface area (Å²) in [6, 6.07) is 5.54. The predicted octanol–water partition coefficient (Wildman–Crippen LogP) is 9.83. The molecule has 0 radical (unpaired) electrons. The first-order valence-corrected chi connectivity index (χ1v) is 17.3. The van der Waals surface area contributed by atoms with E-state index in [4.69, 9.17) is 16.2 Å². The third-order valence-electron chi connectivity index (χ3n) is 13.7. The van der Waals surface area contributed by atoms with Gasteiger partial charge in [0.1, 0.15) is 6.10 Å². The number of benzene rings is 1. The lowest BCUT2D eigenvalue weighted by Crippen LogP contribution is -2.55. The highest BCUT2D eigenvalue weighted by molar-refractivity contribution is 5.70. The van der Waals surface area contributed by atoms with Gasteiger partial charge in [-0.05, 0) is 136 Å². The van der Waals surface area contributed by atoms with Gasteiger partial charge in [0, 0.05) is 23.2 Å². The largest absolute Gasteiger partial charge is 0.462 e. The van der Waals surface area contributed by atoms with E-state index in [0.717, 1.165) is 30.2 Å². The summed E-state index contributed by atoms with van der Waals surface area (Å²) < 4.78 is 6.29. The van der Waals surface area contributed by atoms with E-state index in [1.165, 1.54) is 56.9 Å². The number of rotatable bonds is 8. The molecule has 0 saturated heterocycles. The fourth-order valence-corrected chi connectivity index (χ4v) is 11.0. The van der Waals surface area contributed by atoms with Crippen LogP contribution in [0.5, 0.6) is 0 Å². The second kappa shape index (κ2) is 11.6. The van der Waals surface area contributed by atoms with Gasteiger partial charge in [0.2, 0.25) is 0 Å². The molecule has 0 heterocycles. The number of anilines is 2. The van der Waals surface area contributed by atoms with E-state index in [1.54, 1.807) is 11.6 Å². The fourth-order valence-electron chi connectivity index (χ4n) is 11.0. The quantitative estimate of drug-likeness (QED) is 0.180. The van der Waals surface area contributed by atoms with Gasteiger partial charge >= 0.3 is 5.97 Å². The number of fused-ring (bicyclic) bond motifs is 4. The first-order valence-electron chi connectivity index (χ1n) is 17.3. The molecule has 4 aliphatic carbocycles. The number of nitrogen functional groups attached to an aromatic ring is 2. The van der Waals surface area contributed by atoms with E-state index in [-0.39, 0.29) is 22.9 Å². The van der Waals surface area contributed by atoms with Crippen molar-refractivity contribution in [3.63, 3.8) is 0 Å². The van der Waals surface area contributed by atoms with Crippen molar-refractivity contribution in [2.24, 2.45) is 39.4 Å². The maximum Gasteiger partial charge on any atom is 0.306 e. The summed E-state index contributed by atoms with van der Waals surface area (Å²) in [4.78, 5) is 13.1.